The number of benzene rings is 3. The fraction of sp³-hybridized carbons (Fsp3) is 0.250. The lowest BCUT2D eigenvalue weighted by Crippen LogP contribution is -2.32. The summed E-state index contributed by atoms with van der Waals surface area (Å²) in [7, 11) is 1.79. The molecule has 7 nitrogen and oxygen atoms in total. The van der Waals surface area contributed by atoms with Crippen molar-refractivity contribution in [3.05, 3.63) is 95.3 Å². The van der Waals surface area contributed by atoms with Crippen LogP contribution in [-0.4, -0.2) is 39.9 Å². The third kappa shape index (κ3) is 6.06. The van der Waals surface area contributed by atoms with Crippen molar-refractivity contribution in [2.75, 3.05) is 13.7 Å². The Bertz CT molecular complexity index is 1330. The molecule has 0 bridgehead atoms. The summed E-state index contributed by atoms with van der Waals surface area (Å²) in [5.41, 5.74) is 4.74. The molecule has 7 heteroatoms. The lowest BCUT2D eigenvalue weighted by atomic mass is 10.1. The second-order valence-corrected chi connectivity index (χ2v) is 8.67. The summed E-state index contributed by atoms with van der Waals surface area (Å²) in [6, 6.07) is 23.4. The number of hydrogen-bond acceptors (Lipinski definition) is 4. The number of likely N-dealkylation sites (N-methyl/N-ethyl adjacent to an activating group) is 1. The molecule has 180 valence electrons. The van der Waals surface area contributed by atoms with Crippen molar-refractivity contribution in [1.82, 2.24) is 19.8 Å². The average molecular weight is 471 g/mol. The molecule has 0 saturated carbocycles. The highest BCUT2D eigenvalue weighted by Gasteiger charge is 2.17. The van der Waals surface area contributed by atoms with Crippen molar-refractivity contribution in [3.63, 3.8) is 0 Å². The SMILES string of the molecule is Cc1ccc(C)c(OCC(=O)NCc2nc3ccccc3n2CC(=O)N(C)Cc2ccccc2)c1. The van der Waals surface area contributed by atoms with Crippen LogP contribution in [0.1, 0.15) is 22.5 Å². The first-order chi connectivity index (χ1) is 16.9. The Labute approximate surface area is 205 Å². The Balaban J connectivity index is 1.43. The van der Waals surface area contributed by atoms with Crippen LogP contribution in [0, 0.1) is 13.8 Å². The molecule has 35 heavy (non-hydrogen) atoms. The molecule has 0 aliphatic rings. The van der Waals surface area contributed by atoms with Crippen LogP contribution in [-0.2, 0) is 29.2 Å². The Kier molecular flexibility index (Phi) is 7.45. The van der Waals surface area contributed by atoms with Gasteiger partial charge in [0.25, 0.3) is 5.91 Å². The van der Waals surface area contributed by atoms with Crippen molar-refractivity contribution in [2.24, 2.45) is 0 Å². The highest BCUT2D eigenvalue weighted by molar-refractivity contribution is 5.81. The fourth-order valence-electron chi connectivity index (χ4n) is 3.87. The van der Waals surface area contributed by atoms with Gasteiger partial charge in [-0.25, -0.2) is 4.98 Å². The zero-order chi connectivity index (χ0) is 24.8. The van der Waals surface area contributed by atoms with Gasteiger partial charge in [0.2, 0.25) is 5.91 Å². The minimum Gasteiger partial charge on any atom is -0.483 e. The number of aryl methyl sites for hydroxylation is 2. The molecule has 0 spiro atoms. The monoisotopic (exact) mass is 470 g/mol. The molecule has 3 aromatic carbocycles. The number of nitrogens with zero attached hydrogens (tertiary/aromatic N) is 3. The van der Waals surface area contributed by atoms with E-state index in [0.717, 1.165) is 27.7 Å². The van der Waals surface area contributed by atoms with Gasteiger partial charge in [-0.1, -0.05) is 54.6 Å². The number of nitrogens with one attached hydrogen (secondary N) is 1. The molecule has 1 N–H and O–H groups in total. The third-order valence-electron chi connectivity index (χ3n) is 5.86. The number of amides is 2. The Hall–Kier alpha value is -4.13. The summed E-state index contributed by atoms with van der Waals surface area (Å²) in [5, 5.41) is 2.87. The number of rotatable bonds is 9. The standard InChI is InChI=1S/C28H30N4O3/c1-20-13-14-21(2)25(15-20)35-19-27(33)29-16-26-30-23-11-7-8-12-24(23)32(26)18-28(34)31(3)17-22-9-5-4-6-10-22/h4-15H,16-19H2,1-3H3,(H,29,33). The highest BCUT2D eigenvalue weighted by Crippen LogP contribution is 2.19. The van der Waals surface area contributed by atoms with E-state index in [1.807, 2.05) is 91.2 Å². The molecule has 4 aromatic rings. The molecular formula is C28H30N4O3. The number of carbonyl (C=O) groups is 2. The smallest absolute Gasteiger partial charge is 0.258 e. The van der Waals surface area contributed by atoms with Gasteiger partial charge in [0, 0.05) is 13.6 Å². The first-order valence-electron chi connectivity index (χ1n) is 11.6. The first kappa shape index (κ1) is 24.0. The Morgan fingerprint density at radius 1 is 1.00 bits per heavy atom. The van der Waals surface area contributed by atoms with Gasteiger partial charge < -0.3 is 19.5 Å². The number of imidazole rings is 1. The molecule has 1 aromatic heterocycles. The van der Waals surface area contributed by atoms with E-state index >= 15 is 0 Å². The number of fused-ring (bicyclic) bond motifs is 1. The molecule has 1 heterocycles. The van der Waals surface area contributed by atoms with Gasteiger partial charge in [0.15, 0.2) is 6.61 Å². The molecular weight excluding hydrogens is 440 g/mol. The summed E-state index contributed by atoms with van der Waals surface area (Å²) in [6.07, 6.45) is 0. The summed E-state index contributed by atoms with van der Waals surface area (Å²) in [5.74, 6) is 1.02. The summed E-state index contributed by atoms with van der Waals surface area (Å²) < 4.78 is 7.58. The van der Waals surface area contributed by atoms with Crippen LogP contribution in [0.3, 0.4) is 0 Å². The minimum atomic E-state index is -0.253. The largest absolute Gasteiger partial charge is 0.483 e. The van der Waals surface area contributed by atoms with Gasteiger partial charge in [-0.3, -0.25) is 9.59 Å². The molecule has 0 aliphatic heterocycles. The molecule has 4 rings (SSSR count). The van der Waals surface area contributed by atoms with Crippen LogP contribution in [0.5, 0.6) is 5.75 Å². The van der Waals surface area contributed by atoms with Crippen molar-refractivity contribution in [3.8, 4) is 5.75 Å². The van der Waals surface area contributed by atoms with Crippen LogP contribution >= 0.6 is 0 Å². The van der Waals surface area contributed by atoms with Crippen LogP contribution < -0.4 is 10.1 Å². The topological polar surface area (TPSA) is 76.5 Å². The predicted molar refractivity (Wildman–Crippen MR) is 136 cm³/mol. The fourth-order valence-corrected chi connectivity index (χ4v) is 3.87. The van der Waals surface area contributed by atoms with Crippen molar-refractivity contribution in [2.45, 2.75) is 33.5 Å². The minimum absolute atomic E-state index is 0.0390. The molecule has 0 aliphatic carbocycles. The van der Waals surface area contributed by atoms with E-state index in [-0.39, 0.29) is 31.5 Å². The number of aromatic nitrogens is 2. The van der Waals surface area contributed by atoms with Gasteiger partial charge in [-0.05, 0) is 48.7 Å². The highest BCUT2D eigenvalue weighted by atomic mass is 16.5. The second kappa shape index (κ2) is 10.9. The average Bonchev–Trinajstić information content (AvgIpc) is 3.21. The van der Waals surface area contributed by atoms with E-state index in [9.17, 15) is 9.59 Å². The second-order valence-electron chi connectivity index (χ2n) is 8.67. The molecule has 0 saturated heterocycles. The lowest BCUT2D eigenvalue weighted by Gasteiger charge is -2.19. The van der Waals surface area contributed by atoms with Crippen LogP contribution in [0.15, 0.2) is 72.8 Å². The van der Waals surface area contributed by atoms with Crippen molar-refractivity contribution in [1.29, 1.82) is 0 Å². The molecule has 2 amide bonds. The maximum absolute atomic E-state index is 13.0. The number of carbonyl (C=O) groups excluding carboxylic acids is 2. The van der Waals surface area contributed by atoms with Crippen LogP contribution in [0.25, 0.3) is 11.0 Å². The van der Waals surface area contributed by atoms with Crippen molar-refractivity contribution < 1.29 is 14.3 Å². The van der Waals surface area contributed by atoms with E-state index < -0.39 is 0 Å². The van der Waals surface area contributed by atoms with Gasteiger partial charge in [-0.2, -0.15) is 0 Å². The van der Waals surface area contributed by atoms with E-state index in [0.29, 0.717) is 18.1 Å². The quantitative estimate of drug-likeness (QED) is 0.401. The Morgan fingerprint density at radius 2 is 1.74 bits per heavy atom. The van der Waals surface area contributed by atoms with Crippen molar-refractivity contribution >= 4 is 22.8 Å². The van der Waals surface area contributed by atoms with E-state index in [1.54, 1.807) is 11.9 Å². The van der Waals surface area contributed by atoms with E-state index in [2.05, 4.69) is 10.3 Å². The first-order valence-corrected chi connectivity index (χ1v) is 11.6. The maximum atomic E-state index is 13.0. The third-order valence-corrected chi connectivity index (χ3v) is 5.86. The molecule has 0 radical (unpaired) electrons. The van der Waals surface area contributed by atoms with E-state index in [4.69, 9.17) is 4.74 Å². The number of para-hydroxylation sites is 2. The lowest BCUT2D eigenvalue weighted by molar-refractivity contribution is -0.131. The predicted octanol–water partition coefficient (Wildman–Crippen LogP) is 4.01. The molecule has 0 fully saturated rings. The zero-order valence-corrected chi connectivity index (χ0v) is 20.3. The van der Waals surface area contributed by atoms with Crippen LogP contribution in [0.4, 0.5) is 0 Å². The summed E-state index contributed by atoms with van der Waals surface area (Å²) >= 11 is 0. The number of hydrogen-bond donors (Lipinski definition) is 1. The number of ether oxygens (including phenoxy) is 1. The molecule has 0 unspecified atom stereocenters. The van der Waals surface area contributed by atoms with Crippen LogP contribution in [0.2, 0.25) is 0 Å². The summed E-state index contributed by atoms with van der Waals surface area (Å²) in [6.45, 7) is 4.68. The van der Waals surface area contributed by atoms with Gasteiger partial charge >= 0.3 is 0 Å². The van der Waals surface area contributed by atoms with E-state index in [1.165, 1.54) is 0 Å². The maximum Gasteiger partial charge on any atom is 0.258 e. The van der Waals surface area contributed by atoms with Gasteiger partial charge in [0.1, 0.15) is 18.1 Å². The Morgan fingerprint density at radius 3 is 2.54 bits per heavy atom. The molecule has 0 atom stereocenters. The summed E-state index contributed by atoms with van der Waals surface area (Å²) in [4.78, 5) is 31.9. The van der Waals surface area contributed by atoms with Gasteiger partial charge in [0.05, 0.1) is 17.6 Å². The van der Waals surface area contributed by atoms with Gasteiger partial charge in [-0.15, -0.1) is 0 Å². The normalized spacial score (nSPS) is 10.8. The zero-order valence-electron chi connectivity index (χ0n) is 20.3.